The molecule has 0 radical (unpaired) electrons. The average Bonchev–Trinajstić information content (AvgIpc) is 2.39. The maximum Gasteiger partial charge on any atom is 0.416 e. The number of nitrogens with zero attached hydrogens (tertiary/aromatic N) is 1. The predicted octanol–water partition coefficient (Wildman–Crippen LogP) is 2.02. The lowest BCUT2D eigenvalue weighted by Crippen LogP contribution is -2.51. The molecule has 1 heterocycles. The van der Waals surface area contributed by atoms with Crippen molar-refractivity contribution in [2.75, 3.05) is 19.7 Å². The van der Waals surface area contributed by atoms with Crippen LogP contribution in [0.25, 0.3) is 0 Å². The molecule has 0 unspecified atom stereocenters. The highest BCUT2D eigenvalue weighted by molar-refractivity contribution is 5.78. The summed E-state index contributed by atoms with van der Waals surface area (Å²) in [5, 5.41) is 0. The van der Waals surface area contributed by atoms with Crippen LogP contribution in [0.2, 0.25) is 0 Å². The van der Waals surface area contributed by atoms with E-state index in [9.17, 15) is 18.0 Å². The van der Waals surface area contributed by atoms with Crippen LogP contribution in [-0.4, -0.2) is 42.8 Å². The van der Waals surface area contributed by atoms with Gasteiger partial charge in [0.2, 0.25) is 5.91 Å². The highest BCUT2D eigenvalue weighted by Crippen LogP contribution is 2.25. The normalized spacial score (nSPS) is 20.4. The third-order valence-electron chi connectivity index (χ3n) is 2.98. The second-order valence-corrected chi connectivity index (χ2v) is 4.40. The fraction of sp³-hybridized carbons (Fsp3) is 0.462. The van der Waals surface area contributed by atoms with E-state index in [-0.39, 0.29) is 25.5 Å². The third-order valence-corrected chi connectivity index (χ3v) is 2.98. The van der Waals surface area contributed by atoms with Crippen LogP contribution in [0.15, 0.2) is 30.3 Å². The van der Waals surface area contributed by atoms with Gasteiger partial charge in [0.1, 0.15) is 0 Å². The number of carbonyl (C=O) groups excluding carboxylic acids is 1. The highest BCUT2D eigenvalue weighted by atomic mass is 19.4. The SMILES string of the molecule is O=C(Cc1ccccc1)N1CCO[C@H](C(F)(F)F)C1. The van der Waals surface area contributed by atoms with Gasteiger partial charge >= 0.3 is 6.18 Å². The van der Waals surface area contributed by atoms with Gasteiger partial charge in [0.05, 0.1) is 19.6 Å². The molecule has 0 aromatic heterocycles. The minimum atomic E-state index is -4.42. The molecule has 1 fully saturated rings. The van der Waals surface area contributed by atoms with Crippen molar-refractivity contribution < 1.29 is 22.7 Å². The zero-order chi connectivity index (χ0) is 13.9. The molecule has 1 amide bonds. The van der Waals surface area contributed by atoms with E-state index < -0.39 is 18.8 Å². The number of morpholine rings is 1. The topological polar surface area (TPSA) is 29.5 Å². The van der Waals surface area contributed by atoms with Crippen LogP contribution in [0.5, 0.6) is 0 Å². The van der Waals surface area contributed by atoms with Crippen LogP contribution in [0.1, 0.15) is 5.56 Å². The smallest absolute Gasteiger partial charge is 0.365 e. The summed E-state index contributed by atoms with van der Waals surface area (Å²) in [5.74, 6) is -0.302. The average molecular weight is 273 g/mol. The predicted molar refractivity (Wildman–Crippen MR) is 62.5 cm³/mol. The Bertz CT molecular complexity index is 433. The first kappa shape index (κ1) is 13.9. The Balaban J connectivity index is 1.96. The zero-order valence-corrected chi connectivity index (χ0v) is 10.2. The quantitative estimate of drug-likeness (QED) is 0.825. The first-order chi connectivity index (χ1) is 8.97. The van der Waals surface area contributed by atoms with Crippen molar-refractivity contribution >= 4 is 5.91 Å². The highest BCUT2D eigenvalue weighted by Gasteiger charge is 2.44. The van der Waals surface area contributed by atoms with E-state index in [0.717, 1.165) is 5.56 Å². The fourth-order valence-electron chi connectivity index (χ4n) is 1.96. The first-order valence-corrected chi connectivity index (χ1v) is 5.97. The summed E-state index contributed by atoms with van der Waals surface area (Å²) >= 11 is 0. The maximum absolute atomic E-state index is 12.5. The number of carbonyl (C=O) groups is 1. The molecule has 104 valence electrons. The van der Waals surface area contributed by atoms with Crippen LogP contribution in [0.3, 0.4) is 0 Å². The molecule has 3 nitrogen and oxygen atoms in total. The number of halogens is 3. The number of hydrogen-bond donors (Lipinski definition) is 0. The second kappa shape index (κ2) is 5.61. The molecule has 0 spiro atoms. The molecule has 0 N–H and O–H groups in total. The van der Waals surface area contributed by atoms with Gasteiger partial charge in [-0.3, -0.25) is 4.79 Å². The maximum atomic E-state index is 12.5. The molecule has 1 saturated heterocycles. The molecule has 1 aromatic carbocycles. The standard InChI is InChI=1S/C13H14F3NO2/c14-13(15,16)11-9-17(6-7-19-11)12(18)8-10-4-2-1-3-5-10/h1-5,11H,6-9H2/t11-/m0/s1. The second-order valence-electron chi connectivity index (χ2n) is 4.40. The Labute approximate surface area is 109 Å². The van der Waals surface area contributed by atoms with Crippen LogP contribution < -0.4 is 0 Å². The Morgan fingerprint density at radius 2 is 2.00 bits per heavy atom. The van der Waals surface area contributed by atoms with E-state index in [0.29, 0.717) is 0 Å². The molecule has 0 bridgehead atoms. The summed E-state index contributed by atoms with van der Waals surface area (Å²) in [4.78, 5) is 13.2. The van der Waals surface area contributed by atoms with Gasteiger partial charge in [-0.2, -0.15) is 13.2 Å². The number of rotatable bonds is 2. The molecule has 19 heavy (non-hydrogen) atoms. The van der Waals surface area contributed by atoms with E-state index >= 15 is 0 Å². The zero-order valence-electron chi connectivity index (χ0n) is 10.2. The summed E-state index contributed by atoms with van der Waals surface area (Å²) in [5.41, 5.74) is 0.794. The molecular formula is C13H14F3NO2. The molecule has 2 rings (SSSR count). The van der Waals surface area contributed by atoms with Gasteiger partial charge < -0.3 is 9.64 Å². The van der Waals surface area contributed by atoms with Crippen LogP contribution in [0.4, 0.5) is 13.2 Å². The molecule has 0 aliphatic carbocycles. The van der Waals surface area contributed by atoms with E-state index in [1.807, 2.05) is 6.07 Å². The van der Waals surface area contributed by atoms with Crippen molar-refractivity contribution in [1.82, 2.24) is 4.90 Å². The number of amides is 1. The van der Waals surface area contributed by atoms with Crippen LogP contribution in [-0.2, 0) is 16.0 Å². The van der Waals surface area contributed by atoms with Crippen molar-refractivity contribution in [1.29, 1.82) is 0 Å². The summed E-state index contributed by atoms with van der Waals surface area (Å²) in [6.45, 7) is -0.294. The fourth-order valence-corrected chi connectivity index (χ4v) is 1.96. The summed E-state index contributed by atoms with van der Waals surface area (Å²) in [7, 11) is 0. The summed E-state index contributed by atoms with van der Waals surface area (Å²) in [6, 6.07) is 8.96. The van der Waals surface area contributed by atoms with Gasteiger partial charge in [-0.05, 0) is 5.56 Å². The number of ether oxygens (including phenoxy) is 1. The minimum Gasteiger partial charge on any atom is -0.365 e. The molecule has 6 heteroatoms. The number of alkyl halides is 3. The Kier molecular flexibility index (Phi) is 4.09. The monoisotopic (exact) mass is 273 g/mol. The Hall–Kier alpha value is -1.56. The van der Waals surface area contributed by atoms with Gasteiger partial charge in [-0.25, -0.2) is 0 Å². The number of hydrogen-bond acceptors (Lipinski definition) is 2. The van der Waals surface area contributed by atoms with E-state index in [1.54, 1.807) is 24.3 Å². The lowest BCUT2D eigenvalue weighted by Gasteiger charge is -2.33. The lowest BCUT2D eigenvalue weighted by atomic mass is 10.1. The Morgan fingerprint density at radius 3 is 2.63 bits per heavy atom. The lowest BCUT2D eigenvalue weighted by molar-refractivity contribution is -0.236. The molecule has 1 atom stereocenters. The number of benzene rings is 1. The molecule has 1 aromatic rings. The van der Waals surface area contributed by atoms with E-state index in [4.69, 9.17) is 0 Å². The Morgan fingerprint density at radius 1 is 1.32 bits per heavy atom. The third kappa shape index (κ3) is 3.70. The first-order valence-electron chi connectivity index (χ1n) is 5.97. The minimum absolute atomic E-state index is 0.0787. The van der Waals surface area contributed by atoms with Crippen molar-refractivity contribution in [3.63, 3.8) is 0 Å². The van der Waals surface area contributed by atoms with E-state index in [1.165, 1.54) is 4.90 Å². The summed E-state index contributed by atoms with van der Waals surface area (Å²) < 4.78 is 42.3. The van der Waals surface area contributed by atoms with Crippen molar-refractivity contribution in [3.05, 3.63) is 35.9 Å². The van der Waals surface area contributed by atoms with Gasteiger partial charge in [0, 0.05) is 6.54 Å². The van der Waals surface area contributed by atoms with Gasteiger partial charge in [0.25, 0.3) is 0 Å². The van der Waals surface area contributed by atoms with Crippen LogP contribution in [0, 0.1) is 0 Å². The molecular weight excluding hydrogens is 259 g/mol. The van der Waals surface area contributed by atoms with Gasteiger partial charge in [0.15, 0.2) is 6.10 Å². The molecule has 1 aliphatic heterocycles. The van der Waals surface area contributed by atoms with Crippen LogP contribution >= 0.6 is 0 Å². The summed E-state index contributed by atoms with van der Waals surface area (Å²) in [6.07, 6.45) is -6.18. The van der Waals surface area contributed by atoms with Crippen molar-refractivity contribution in [3.8, 4) is 0 Å². The van der Waals surface area contributed by atoms with E-state index in [2.05, 4.69) is 4.74 Å². The van der Waals surface area contributed by atoms with Crippen molar-refractivity contribution in [2.45, 2.75) is 18.7 Å². The van der Waals surface area contributed by atoms with Crippen molar-refractivity contribution in [2.24, 2.45) is 0 Å². The van der Waals surface area contributed by atoms with Gasteiger partial charge in [-0.15, -0.1) is 0 Å². The largest absolute Gasteiger partial charge is 0.416 e. The van der Waals surface area contributed by atoms with Gasteiger partial charge in [-0.1, -0.05) is 30.3 Å². The molecule has 0 saturated carbocycles. The molecule has 1 aliphatic rings.